The van der Waals surface area contributed by atoms with E-state index in [9.17, 15) is 9.59 Å². The van der Waals surface area contributed by atoms with Crippen molar-refractivity contribution in [3.05, 3.63) is 59.7 Å². The Hall–Kier alpha value is -2.46. The Balaban J connectivity index is 1.63. The predicted molar refractivity (Wildman–Crippen MR) is 102 cm³/mol. The average Bonchev–Trinajstić information content (AvgIpc) is 3.53. The summed E-state index contributed by atoms with van der Waals surface area (Å²) in [4.78, 5) is 24.3. The first-order valence-electron chi connectivity index (χ1n) is 9.18. The Morgan fingerprint density at radius 1 is 1.00 bits per heavy atom. The Bertz CT molecular complexity index is 757. The molecule has 0 aliphatic heterocycles. The first-order valence-corrected chi connectivity index (χ1v) is 9.18. The highest BCUT2D eigenvalue weighted by Gasteiger charge is 2.30. The molecule has 0 heterocycles. The number of carbonyl (C=O) groups is 2. The van der Waals surface area contributed by atoms with Gasteiger partial charge in [-0.25, -0.2) is 0 Å². The first kappa shape index (κ1) is 18.3. The van der Waals surface area contributed by atoms with Gasteiger partial charge >= 0.3 is 0 Å². The highest BCUT2D eigenvalue weighted by Crippen LogP contribution is 2.33. The SMILES string of the molecule is CC[C@H](CNC(=O)c1ccc(-c2ccc(C(=O)C3CC3)cc2)cc1)OC. The van der Waals surface area contributed by atoms with Crippen LogP contribution in [0.3, 0.4) is 0 Å². The van der Waals surface area contributed by atoms with Gasteiger partial charge in [-0.15, -0.1) is 0 Å². The molecule has 0 spiro atoms. The normalized spacial score (nSPS) is 14.7. The second-order valence-electron chi connectivity index (χ2n) is 6.77. The van der Waals surface area contributed by atoms with Crippen LogP contribution < -0.4 is 5.32 Å². The monoisotopic (exact) mass is 351 g/mol. The minimum absolute atomic E-state index is 0.0371. The van der Waals surface area contributed by atoms with Gasteiger partial charge in [0.15, 0.2) is 5.78 Å². The highest BCUT2D eigenvalue weighted by molar-refractivity contribution is 5.99. The summed E-state index contributed by atoms with van der Waals surface area (Å²) < 4.78 is 5.27. The number of amides is 1. The van der Waals surface area contributed by atoms with Gasteiger partial charge in [-0.05, 0) is 42.5 Å². The third-order valence-electron chi connectivity index (χ3n) is 4.88. The Morgan fingerprint density at radius 2 is 1.54 bits per heavy atom. The number of Topliss-reactive ketones (excluding diaryl/α,β-unsaturated/α-hetero) is 1. The van der Waals surface area contributed by atoms with E-state index in [1.165, 1.54) is 0 Å². The Kier molecular flexibility index (Phi) is 5.84. The summed E-state index contributed by atoms with van der Waals surface area (Å²) in [6.07, 6.45) is 2.94. The molecule has 1 atom stereocenters. The Labute approximate surface area is 154 Å². The van der Waals surface area contributed by atoms with Gasteiger partial charge < -0.3 is 10.1 Å². The fourth-order valence-electron chi connectivity index (χ4n) is 2.93. The lowest BCUT2D eigenvalue weighted by molar-refractivity contribution is 0.0815. The van der Waals surface area contributed by atoms with Gasteiger partial charge in [-0.2, -0.15) is 0 Å². The zero-order chi connectivity index (χ0) is 18.5. The van der Waals surface area contributed by atoms with Gasteiger partial charge in [0.2, 0.25) is 0 Å². The van der Waals surface area contributed by atoms with Crippen LogP contribution in [0.15, 0.2) is 48.5 Å². The van der Waals surface area contributed by atoms with E-state index in [-0.39, 0.29) is 23.7 Å². The fraction of sp³-hybridized carbons (Fsp3) is 0.364. The number of hydrogen-bond donors (Lipinski definition) is 1. The molecule has 4 heteroatoms. The van der Waals surface area contributed by atoms with Crippen LogP contribution in [0.4, 0.5) is 0 Å². The van der Waals surface area contributed by atoms with E-state index >= 15 is 0 Å². The zero-order valence-corrected chi connectivity index (χ0v) is 15.3. The van der Waals surface area contributed by atoms with Crippen molar-refractivity contribution < 1.29 is 14.3 Å². The molecule has 26 heavy (non-hydrogen) atoms. The molecule has 4 nitrogen and oxygen atoms in total. The highest BCUT2D eigenvalue weighted by atomic mass is 16.5. The lowest BCUT2D eigenvalue weighted by Crippen LogP contribution is -2.32. The fourth-order valence-corrected chi connectivity index (χ4v) is 2.93. The molecule has 1 fully saturated rings. The van der Waals surface area contributed by atoms with Crippen molar-refractivity contribution in [2.45, 2.75) is 32.3 Å². The summed E-state index contributed by atoms with van der Waals surface area (Å²) in [5.74, 6) is 0.395. The molecule has 3 rings (SSSR count). The molecule has 1 aliphatic carbocycles. The molecule has 0 aromatic heterocycles. The lowest BCUT2D eigenvalue weighted by atomic mass is 10.00. The van der Waals surface area contributed by atoms with Gasteiger partial charge in [0.25, 0.3) is 5.91 Å². The summed E-state index contributed by atoms with van der Waals surface area (Å²) in [5, 5.41) is 2.90. The Morgan fingerprint density at radius 3 is 2.00 bits per heavy atom. The smallest absolute Gasteiger partial charge is 0.251 e. The van der Waals surface area contributed by atoms with Gasteiger partial charge in [0, 0.05) is 30.7 Å². The van der Waals surface area contributed by atoms with E-state index in [0.29, 0.717) is 12.1 Å². The molecule has 1 N–H and O–H groups in total. The van der Waals surface area contributed by atoms with Crippen molar-refractivity contribution in [3.8, 4) is 11.1 Å². The number of ether oxygens (including phenoxy) is 1. The molecular formula is C22H25NO3. The lowest BCUT2D eigenvalue weighted by Gasteiger charge is -2.14. The van der Waals surface area contributed by atoms with Crippen LogP contribution in [0.25, 0.3) is 11.1 Å². The van der Waals surface area contributed by atoms with Crippen molar-refractivity contribution in [3.63, 3.8) is 0 Å². The number of rotatable bonds is 8. The quantitative estimate of drug-likeness (QED) is 0.729. The molecule has 1 amide bonds. The maximum absolute atomic E-state index is 12.2. The predicted octanol–water partition coefficient (Wildman–Crippen LogP) is 4.10. The van der Waals surface area contributed by atoms with Gasteiger partial charge in [0.1, 0.15) is 0 Å². The van der Waals surface area contributed by atoms with Crippen LogP contribution in [0.1, 0.15) is 46.9 Å². The van der Waals surface area contributed by atoms with Crippen molar-refractivity contribution in [2.24, 2.45) is 5.92 Å². The van der Waals surface area contributed by atoms with Crippen molar-refractivity contribution in [1.29, 1.82) is 0 Å². The summed E-state index contributed by atoms with van der Waals surface area (Å²) >= 11 is 0. The second kappa shape index (κ2) is 8.28. The van der Waals surface area contributed by atoms with E-state index in [2.05, 4.69) is 5.32 Å². The van der Waals surface area contributed by atoms with E-state index in [4.69, 9.17) is 4.74 Å². The minimum atomic E-state index is -0.0996. The molecule has 136 valence electrons. The average molecular weight is 351 g/mol. The molecule has 2 aromatic rings. The van der Waals surface area contributed by atoms with E-state index in [1.807, 2.05) is 55.5 Å². The van der Waals surface area contributed by atoms with Crippen molar-refractivity contribution in [1.82, 2.24) is 5.32 Å². The third kappa shape index (κ3) is 4.38. The second-order valence-corrected chi connectivity index (χ2v) is 6.77. The number of hydrogen-bond acceptors (Lipinski definition) is 3. The van der Waals surface area contributed by atoms with Crippen LogP contribution in [-0.4, -0.2) is 31.4 Å². The molecule has 1 aliphatic rings. The molecular weight excluding hydrogens is 326 g/mol. The van der Waals surface area contributed by atoms with Gasteiger partial charge in [0.05, 0.1) is 6.10 Å². The number of ketones is 1. The maximum atomic E-state index is 12.2. The van der Waals surface area contributed by atoms with Gasteiger partial charge in [-0.1, -0.05) is 43.3 Å². The van der Waals surface area contributed by atoms with Crippen LogP contribution in [-0.2, 0) is 4.74 Å². The van der Waals surface area contributed by atoms with Crippen LogP contribution in [0.5, 0.6) is 0 Å². The molecule has 2 aromatic carbocycles. The molecule has 0 saturated heterocycles. The molecule has 0 radical (unpaired) electrons. The van der Waals surface area contributed by atoms with Crippen molar-refractivity contribution >= 4 is 11.7 Å². The van der Waals surface area contributed by atoms with Crippen LogP contribution >= 0.6 is 0 Å². The summed E-state index contributed by atoms with van der Waals surface area (Å²) in [6, 6.07) is 15.2. The zero-order valence-electron chi connectivity index (χ0n) is 15.3. The molecule has 0 bridgehead atoms. The topological polar surface area (TPSA) is 55.4 Å². The number of methoxy groups -OCH3 is 1. The molecule has 0 unspecified atom stereocenters. The van der Waals surface area contributed by atoms with E-state index in [0.717, 1.165) is 36.0 Å². The van der Waals surface area contributed by atoms with Crippen molar-refractivity contribution in [2.75, 3.05) is 13.7 Å². The number of benzene rings is 2. The summed E-state index contributed by atoms with van der Waals surface area (Å²) in [7, 11) is 1.65. The van der Waals surface area contributed by atoms with Crippen LogP contribution in [0.2, 0.25) is 0 Å². The van der Waals surface area contributed by atoms with Gasteiger partial charge in [-0.3, -0.25) is 9.59 Å². The van der Waals surface area contributed by atoms with Crippen LogP contribution in [0, 0.1) is 5.92 Å². The van der Waals surface area contributed by atoms with E-state index < -0.39 is 0 Å². The summed E-state index contributed by atoms with van der Waals surface area (Å²) in [5.41, 5.74) is 3.47. The maximum Gasteiger partial charge on any atom is 0.251 e. The molecule has 1 saturated carbocycles. The number of nitrogens with one attached hydrogen (secondary N) is 1. The first-order chi connectivity index (χ1) is 12.6. The standard InChI is InChI=1S/C22H25NO3/c1-3-20(26-2)14-23-22(25)19-12-6-16(7-13-19)15-4-8-17(9-5-15)21(24)18-10-11-18/h4-9,12-13,18,20H,3,10-11,14H2,1-2H3,(H,23,25)/t20-/m1/s1. The van der Waals surface area contributed by atoms with E-state index in [1.54, 1.807) is 7.11 Å². The summed E-state index contributed by atoms with van der Waals surface area (Å²) in [6.45, 7) is 2.53. The number of carbonyl (C=O) groups excluding carboxylic acids is 2. The third-order valence-corrected chi connectivity index (χ3v) is 4.88. The largest absolute Gasteiger partial charge is 0.380 e. The minimum Gasteiger partial charge on any atom is -0.380 e.